The SMILES string of the molecule is Cc1cc(C)cc(C[N+]2(CCCCN(c3ccc(C)c(C)c3)S(=O)(=O)c3ccc4ccccc4c3)CCCCC2)c1. The van der Waals surface area contributed by atoms with Crippen LogP contribution >= 0.6 is 0 Å². The third-order valence-electron chi connectivity index (χ3n) is 8.90. The number of rotatable bonds is 10. The number of hydrogen-bond donors (Lipinski definition) is 0. The second-order valence-electron chi connectivity index (χ2n) is 12.3. The van der Waals surface area contributed by atoms with Gasteiger partial charge in [0, 0.05) is 12.1 Å². The number of nitrogens with zero attached hydrogens (tertiary/aromatic N) is 2. The molecule has 0 bridgehead atoms. The van der Waals surface area contributed by atoms with Crippen molar-refractivity contribution < 1.29 is 12.9 Å². The summed E-state index contributed by atoms with van der Waals surface area (Å²) in [5, 5.41) is 1.99. The van der Waals surface area contributed by atoms with Crippen molar-refractivity contribution in [2.45, 2.75) is 71.2 Å². The number of piperidine rings is 1. The number of hydrogen-bond acceptors (Lipinski definition) is 2. The summed E-state index contributed by atoms with van der Waals surface area (Å²) in [6.45, 7) is 13.6. The molecule has 0 saturated carbocycles. The summed E-state index contributed by atoms with van der Waals surface area (Å²) in [6.07, 6.45) is 5.69. The average molecular weight is 570 g/mol. The van der Waals surface area contributed by atoms with E-state index in [1.165, 1.54) is 54.6 Å². The molecule has 1 heterocycles. The fraction of sp³-hybridized carbons (Fsp3) is 0.389. The highest BCUT2D eigenvalue weighted by atomic mass is 32.2. The molecule has 216 valence electrons. The summed E-state index contributed by atoms with van der Waals surface area (Å²) < 4.78 is 31.1. The van der Waals surface area contributed by atoms with Gasteiger partial charge in [-0.3, -0.25) is 4.31 Å². The van der Waals surface area contributed by atoms with Gasteiger partial charge in [-0.2, -0.15) is 0 Å². The van der Waals surface area contributed by atoms with Crippen LogP contribution < -0.4 is 4.31 Å². The molecule has 4 aromatic rings. The van der Waals surface area contributed by atoms with Crippen LogP contribution in [0.25, 0.3) is 10.8 Å². The minimum Gasteiger partial charge on any atom is -0.320 e. The van der Waals surface area contributed by atoms with E-state index >= 15 is 0 Å². The maximum Gasteiger partial charge on any atom is 0.264 e. The third-order valence-corrected chi connectivity index (χ3v) is 10.7. The monoisotopic (exact) mass is 569 g/mol. The minimum absolute atomic E-state index is 0.351. The lowest BCUT2D eigenvalue weighted by molar-refractivity contribution is -0.945. The van der Waals surface area contributed by atoms with Crippen LogP contribution in [0.1, 0.15) is 59.9 Å². The van der Waals surface area contributed by atoms with Gasteiger partial charge < -0.3 is 4.48 Å². The van der Waals surface area contributed by atoms with Gasteiger partial charge in [-0.1, -0.05) is 65.7 Å². The topological polar surface area (TPSA) is 37.4 Å². The zero-order valence-corrected chi connectivity index (χ0v) is 26.0. The average Bonchev–Trinajstić information content (AvgIpc) is 2.94. The normalized spacial score (nSPS) is 15.2. The second-order valence-corrected chi connectivity index (χ2v) is 14.2. The van der Waals surface area contributed by atoms with E-state index in [-0.39, 0.29) is 0 Å². The minimum atomic E-state index is -3.73. The van der Waals surface area contributed by atoms with Crippen molar-refractivity contribution >= 4 is 26.5 Å². The highest BCUT2D eigenvalue weighted by Gasteiger charge is 2.31. The Morgan fingerprint density at radius 3 is 2.12 bits per heavy atom. The highest BCUT2D eigenvalue weighted by molar-refractivity contribution is 7.92. The zero-order valence-electron chi connectivity index (χ0n) is 25.2. The number of anilines is 1. The lowest BCUT2D eigenvalue weighted by Gasteiger charge is -2.42. The van der Waals surface area contributed by atoms with Crippen LogP contribution in [0.4, 0.5) is 5.69 Å². The number of fused-ring (bicyclic) bond motifs is 1. The van der Waals surface area contributed by atoms with E-state index in [4.69, 9.17) is 0 Å². The molecule has 4 aromatic carbocycles. The van der Waals surface area contributed by atoms with E-state index in [1.807, 2.05) is 54.6 Å². The quantitative estimate of drug-likeness (QED) is 0.142. The summed E-state index contributed by atoms with van der Waals surface area (Å²) >= 11 is 0. The predicted octanol–water partition coefficient (Wildman–Crippen LogP) is 8.25. The van der Waals surface area contributed by atoms with Crippen LogP contribution in [0.3, 0.4) is 0 Å². The number of aryl methyl sites for hydroxylation is 4. The van der Waals surface area contributed by atoms with Crippen LogP contribution in [0.15, 0.2) is 83.8 Å². The molecule has 4 nitrogen and oxygen atoms in total. The van der Waals surface area contributed by atoms with E-state index in [0.29, 0.717) is 11.4 Å². The molecule has 1 fully saturated rings. The lowest BCUT2D eigenvalue weighted by atomic mass is 10.0. The molecule has 0 aromatic heterocycles. The smallest absolute Gasteiger partial charge is 0.264 e. The fourth-order valence-corrected chi connectivity index (χ4v) is 8.15. The first-order chi connectivity index (χ1) is 19.6. The van der Waals surface area contributed by atoms with Crippen LogP contribution in [-0.4, -0.2) is 39.1 Å². The van der Waals surface area contributed by atoms with Gasteiger partial charge in [0.2, 0.25) is 0 Å². The van der Waals surface area contributed by atoms with E-state index in [1.54, 1.807) is 10.4 Å². The molecule has 41 heavy (non-hydrogen) atoms. The Labute approximate surface area is 247 Å². The first-order valence-electron chi connectivity index (χ1n) is 15.2. The van der Waals surface area contributed by atoms with Gasteiger partial charge in [-0.25, -0.2) is 8.42 Å². The zero-order chi connectivity index (χ0) is 29.0. The molecule has 5 rings (SSSR count). The predicted molar refractivity (Wildman–Crippen MR) is 172 cm³/mol. The molecule has 1 aliphatic rings. The second kappa shape index (κ2) is 12.4. The largest absolute Gasteiger partial charge is 0.320 e. The highest BCUT2D eigenvalue weighted by Crippen LogP contribution is 2.29. The summed E-state index contributed by atoms with van der Waals surface area (Å²) in [7, 11) is -3.73. The number of sulfonamides is 1. The van der Waals surface area contributed by atoms with Crippen LogP contribution in [0.5, 0.6) is 0 Å². The van der Waals surface area contributed by atoms with Gasteiger partial charge in [0.15, 0.2) is 0 Å². The Morgan fingerprint density at radius 2 is 1.41 bits per heavy atom. The molecule has 0 unspecified atom stereocenters. The van der Waals surface area contributed by atoms with Gasteiger partial charge in [0.05, 0.1) is 30.2 Å². The molecule has 0 N–H and O–H groups in total. The maximum absolute atomic E-state index is 14.2. The molecule has 0 aliphatic carbocycles. The van der Waals surface area contributed by atoms with Crippen molar-refractivity contribution in [3.63, 3.8) is 0 Å². The molecular formula is C36H45N2O2S+. The summed E-state index contributed by atoms with van der Waals surface area (Å²) in [5.41, 5.74) is 7.11. The molecule has 5 heteroatoms. The molecule has 0 amide bonds. The van der Waals surface area contributed by atoms with E-state index in [9.17, 15) is 8.42 Å². The molecule has 0 radical (unpaired) electrons. The summed E-state index contributed by atoms with van der Waals surface area (Å²) in [4.78, 5) is 0.351. The van der Waals surface area contributed by atoms with Crippen molar-refractivity contribution in [2.75, 3.05) is 30.5 Å². The first-order valence-corrected chi connectivity index (χ1v) is 16.6. The van der Waals surface area contributed by atoms with Gasteiger partial charge in [-0.05, 0) is 106 Å². The van der Waals surface area contributed by atoms with Crippen molar-refractivity contribution in [2.24, 2.45) is 0 Å². The first kappa shape index (κ1) is 29.3. The Bertz CT molecular complexity index is 1600. The van der Waals surface area contributed by atoms with E-state index < -0.39 is 10.0 Å². The van der Waals surface area contributed by atoms with Gasteiger partial charge in [0.25, 0.3) is 10.0 Å². The van der Waals surface area contributed by atoms with Crippen LogP contribution in [0, 0.1) is 27.7 Å². The van der Waals surface area contributed by atoms with Crippen molar-refractivity contribution in [3.8, 4) is 0 Å². The maximum atomic E-state index is 14.2. The van der Waals surface area contributed by atoms with Gasteiger partial charge in [0.1, 0.15) is 6.54 Å². The molecular weight excluding hydrogens is 524 g/mol. The van der Waals surface area contributed by atoms with Crippen LogP contribution in [-0.2, 0) is 16.6 Å². The molecule has 0 atom stereocenters. The third kappa shape index (κ3) is 6.85. The lowest BCUT2D eigenvalue weighted by Crippen LogP contribution is -2.51. The Hall–Kier alpha value is -3.15. The van der Waals surface area contributed by atoms with Crippen molar-refractivity contribution in [1.82, 2.24) is 0 Å². The Morgan fingerprint density at radius 1 is 0.707 bits per heavy atom. The van der Waals surface area contributed by atoms with Gasteiger partial charge in [-0.15, -0.1) is 0 Å². The van der Waals surface area contributed by atoms with Crippen molar-refractivity contribution in [1.29, 1.82) is 0 Å². The Kier molecular flexibility index (Phi) is 8.86. The van der Waals surface area contributed by atoms with E-state index in [2.05, 4.69) is 45.9 Å². The number of benzene rings is 4. The fourth-order valence-electron chi connectivity index (χ4n) is 6.62. The Balaban J connectivity index is 1.37. The summed E-state index contributed by atoms with van der Waals surface area (Å²) in [5.74, 6) is 0. The number of quaternary nitrogens is 1. The number of likely N-dealkylation sites (tertiary alicyclic amines) is 1. The molecule has 0 spiro atoms. The molecule has 1 aliphatic heterocycles. The van der Waals surface area contributed by atoms with Crippen molar-refractivity contribution in [3.05, 3.63) is 107 Å². The number of unbranched alkanes of at least 4 members (excludes halogenated alkanes) is 1. The van der Waals surface area contributed by atoms with Gasteiger partial charge >= 0.3 is 0 Å². The summed E-state index contributed by atoms with van der Waals surface area (Å²) in [6, 6.07) is 26.4. The van der Waals surface area contributed by atoms with E-state index in [0.717, 1.165) is 52.4 Å². The van der Waals surface area contributed by atoms with Crippen LogP contribution in [0.2, 0.25) is 0 Å². The molecule has 1 saturated heterocycles. The standard InChI is InChI=1S/C36H45N2O2S/c1-28-22-29(2)24-32(23-28)27-38(19-9-5-10-20-38)21-11-8-18-37(35-16-14-30(3)31(4)25-35)41(39,40)36-17-15-33-12-6-7-13-34(33)26-36/h6-7,12-17,22-26H,5,8-11,18-21,27H2,1-4H3/q+1.